The maximum atomic E-state index is 12.7. The summed E-state index contributed by atoms with van der Waals surface area (Å²) in [7, 11) is -3.55. The predicted octanol–water partition coefficient (Wildman–Crippen LogP) is 3.52. The van der Waals surface area contributed by atoms with Crippen molar-refractivity contribution in [2.24, 2.45) is 0 Å². The highest BCUT2D eigenvalue weighted by atomic mass is 32.2. The molecule has 2 aromatic rings. The van der Waals surface area contributed by atoms with E-state index in [1.807, 2.05) is 26.0 Å². The van der Waals surface area contributed by atoms with Crippen LogP contribution in [0.2, 0.25) is 0 Å². The van der Waals surface area contributed by atoms with Crippen molar-refractivity contribution in [3.05, 3.63) is 64.7 Å². The molecule has 0 unspecified atom stereocenters. The second kappa shape index (κ2) is 8.88. The van der Waals surface area contributed by atoms with Gasteiger partial charge in [-0.05, 0) is 62.6 Å². The minimum Gasteiger partial charge on any atom is -0.454 e. The summed E-state index contributed by atoms with van der Waals surface area (Å²) in [5.74, 6) is -0.936. The Labute approximate surface area is 171 Å². The molecule has 0 bridgehead atoms. The third-order valence-corrected chi connectivity index (χ3v) is 6.98. The first-order chi connectivity index (χ1) is 13.8. The molecule has 6 nitrogen and oxygen atoms in total. The van der Waals surface area contributed by atoms with Gasteiger partial charge in [0.2, 0.25) is 15.8 Å². The Morgan fingerprint density at radius 1 is 0.966 bits per heavy atom. The van der Waals surface area contributed by atoms with Gasteiger partial charge in [0.1, 0.15) is 0 Å². The van der Waals surface area contributed by atoms with E-state index in [1.54, 1.807) is 6.07 Å². The molecule has 7 heteroatoms. The van der Waals surface area contributed by atoms with E-state index in [9.17, 15) is 18.0 Å². The van der Waals surface area contributed by atoms with Crippen LogP contribution in [0.1, 0.15) is 51.1 Å². The Hall–Kier alpha value is -2.51. The molecule has 1 aliphatic rings. The molecule has 0 N–H and O–H groups in total. The van der Waals surface area contributed by atoms with Crippen LogP contribution < -0.4 is 0 Å². The van der Waals surface area contributed by atoms with Crippen molar-refractivity contribution in [1.82, 2.24) is 4.31 Å². The van der Waals surface area contributed by atoms with Crippen LogP contribution in [-0.4, -0.2) is 44.2 Å². The molecule has 29 heavy (non-hydrogen) atoms. The zero-order chi connectivity index (χ0) is 21.0. The molecule has 0 atom stereocenters. The van der Waals surface area contributed by atoms with Crippen LogP contribution in [-0.2, 0) is 14.8 Å². The highest BCUT2D eigenvalue weighted by Crippen LogP contribution is 2.21. The van der Waals surface area contributed by atoms with Crippen LogP contribution in [0.4, 0.5) is 0 Å². The fraction of sp³-hybridized carbons (Fsp3) is 0.364. The number of nitrogens with zero attached hydrogens (tertiary/aromatic N) is 1. The Morgan fingerprint density at radius 2 is 1.62 bits per heavy atom. The minimum absolute atomic E-state index is 0.155. The maximum absolute atomic E-state index is 12.7. The quantitative estimate of drug-likeness (QED) is 0.533. The molecule has 0 aliphatic carbocycles. The SMILES string of the molecule is Cc1ccc(C)c(C(=O)COC(=O)c2ccc(S(=O)(=O)N3CCCCC3)cc2)c1. The summed E-state index contributed by atoms with van der Waals surface area (Å²) in [4.78, 5) is 24.8. The number of ketones is 1. The fourth-order valence-corrected chi connectivity index (χ4v) is 4.86. The van der Waals surface area contributed by atoms with E-state index in [0.29, 0.717) is 18.7 Å². The van der Waals surface area contributed by atoms with Crippen molar-refractivity contribution in [2.75, 3.05) is 19.7 Å². The van der Waals surface area contributed by atoms with Crippen molar-refractivity contribution in [2.45, 2.75) is 38.0 Å². The van der Waals surface area contributed by atoms with E-state index in [4.69, 9.17) is 4.74 Å². The minimum atomic E-state index is -3.55. The molecule has 0 spiro atoms. The summed E-state index contributed by atoms with van der Waals surface area (Å²) < 4.78 is 31.9. The van der Waals surface area contributed by atoms with Gasteiger partial charge < -0.3 is 4.74 Å². The topological polar surface area (TPSA) is 80.8 Å². The third-order valence-electron chi connectivity index (χ3n) is 5.07. The largest absolute Gasteiger partial charge is 0.454 e. The lowest BCUT2D eigenvalue weighted by Gasteiger charge is -2.25. The number of benzene rings is 2. The molecule has 2 aromatic carbocycles. The first kappa shape index (κ1) is 21.2. The number of ether oxygens (including phenoxy) is 1. The predicted molar refractivity (Wildman–Crippen MR) is 110 cm³/mol. The van der Waals surface area contributed by atoms with E-state index in [1.165, 1.54) is 28.6 Å². The van der Waals surface area contributed by atoms with Crippen molar-refractivity contribution in [3.63, 3.8) is 0 Å². The zero-order valence-electron chi connectivity index (χ0n) is 16.7. The number of hydrogen-bond acceptors (Lipinski definition) is 5. The lowest BCUT2D eigenvalue weighted by molar-refractivity contribution is 0.0474. The monoisotopic (exact) mass is 415 g/mol. The zero-order valence-corrected chi connectivity index (χ0v) is 17.5. The molecule has 0 radical (unpaired) electrons. The van der Waals surface area contributed by atoms with E-state index in [0.717, 1.165) is 30.4 Å². The second-order valence-corrected chi connectivity index (χ2v) is 9.24. The molecular weight excluding hydrogens is 390 g/mol. The number of rotatable bonds is 6. The van der Waals surface area contributed by atoms with Gasteiger partial charge in [0, 0.05) is 18.7 Å². The smallest absolute Gasteiger partial charge is 0.338 e. The average molecular weight is 416 g/mol. The molecule has 1 fully saturated rings. The van der Waals surface area contributed by atoms with Gasteiger partial charge in [-0.25, -0.2) is 13.2 Å². The first-order valence-corrected chi connectivity index (χ1v) is 11.1. The van der Waals surface area contributed by atoms with Crippen LogP contribution in [0.15, 0.2) is 47.4 Å². The van der Waals surface area contributed by atoms with Crippen molar-refractivity contribution in [3.8, 4) is 0 Å². The van der Waals surface area contributed by atoms with E-state index < -0.39 is 16.0 Å². The Bertz CT molecular complexity index is 1010. The summed E-state index contributed by atoms with van der Waals surface area (Å²) in [6.07, 6.45) is 2.76. The number of Topliss-reactive ketones (excluding diaryl/α,β-unsaturated/α-hetero) is 1. The van der Waals surface area contributed by atoms with Crippen LogP contribution in [0.3, 0.4) is 0 Å². The number of esters is 1. The standard InChI is InChI=1S/C22H25NO5S/c1-16-6-7-17(2)20(14-16)21(24)15-28-22(25)18-8-10-19(11-9-18)29(26,27)23-12-4-3-5-13-23/h6-11,14H,3-5,12-13,15H2,1-2H3. The Kier molecular flexibility index (Phi) is 6.49. The van der Waals surface area contributed by atoms with Gasteiger partial charge in [0.25, 0.3) is 0 Å². The maximum Gasteiger partial charge on any atom is 0.338 e. The second-order valence-electron chi connectivity index (χ2n) is 7.31. The van der Waals surface area contributed by atoms with E-state index in [2.05, 4.69) is 0 Å². The molecule has 1 saturated heterocycles. The van der Waals surface area contributed by atoms with E-state index >= 15 is 0 Å². The van der Waals surface area contributed by atoms with Gasteiger partial charge in [-0.1, -0.05) is 24.1 Å². The summed E-state index contributed by atoms with van der Waals surface area (Å²) >= 11 is 0. The number of aryl methyl sites for hydroxylation is 2. The molecule has 1 heterocycles. The van der Waals surface area contributed by atoms with Gasteiger partial charge in [-0.2, -0.15) is 4.31 Å². The normalized spacial score (nSPS) is 15.1. The van der Waals surface area contributed by atoms with Crippen LogP contribution in [0.25, 0.3) is 0 Å². The van der Waals surface area contributed by atoms with Gasteiger partial charge in [0.15, 0.2) is 6.61 Å². The van der Waals surface area contributed by atoms with Crippen LogP contribution in [0, 0.1) is 13.8 Å². The van der Waals surface area contributed by atoms with Gasteiger partial charge >= 0.3 is 5.97 Å². The number of carbonyl (C=O) groups is 2. The summed E-state index contributed by atoms with van der Waals surface area (Å²) in [6.45, 7) is 4.40. The summed E-state index contributed by atoms with van der Waals surface area (Å²) in [6, 6.07) is 11.2. The highest BCUT2D eigenvalue weighted by molar-refractivity contribution is 7.89. The summed E-state index contributed by atoms with van der Waals surface area (Å²) in [5.41, 5.74) is 2.51. The Balaban J connectivity index is 1.64. The first-order valence-electron chi connectivity index (χ1n) is 9.67. The molecule has 0 aromatic heterocycles. The molecule has 0 amide bonds. The van der Waals surface area contributed by atoms with Crippen LogP contribution in [0.5, 0.6) is 0 Å². The molecular formula is C22H25NO5S. The number of sulfonamides is 1. The van der Waals surface area contributed by atoms with Gasteiger partial charge in [-0.3, -0.25) is 4.79 Å². The molecule has 0 saturated carbocycles. The fourth-order valence-electron chi connectivity index (χ4n) is 3.35. The number of piperidine rings is 1. The van der Waals surface area contributed by atoms with Crippen molar-refractivity contribution in [1.29, 1.82) is 0 Å². The van der Waals surface area contributed by atoms with E-state index in [-0.39, 0.29) is 22.8 Å². The third kappa shape index (κ3) is 4.92. The number of hydrogen-bond donors (Lipinski definition) is 0. The van der Waals surface area contributed by atoms with Gasteiger partial charge in [-0.15, -0.1) is 0 Å². The lowest BCUT2D eigenvalue weighted by atomic mass is 10.0. The molecule has 3 rings (SSSR count). The van der Waals surface area contributed by atoms with Crippen LogP contribution >= 0.6 is 0 Å². The Morgan fingerprint density at radius 3 is 2.28 bits per heavy atom. The highest BCUT2D eigenvalue weighted by Gasteiger charge is 2.26. The van der Waals surface area contributed by atoms with Crippen molar-refractivity contribution < 1.29 is 22.7 Å². The molecule has 154 valence electrons. The number of carbonyl (C=O) groups excluding carboxylic acids is 2. The average Bonchev–Trinajstić information content (AvgIpc) is 2.74. The van der Waals surface area contributed by atoms with Crippen molar-refractivity contribution >= 4 is 21.8 Å². The molecule has 1 aliphatic heterocycles. The van der Waals surface area contributed by atoms with Gasteiger partial charge in [0.05, 0.1) is 10.5 Å². The lowest BCUT2D eigenvalue weighted by Crippen LogP contribution is -2.35. The summed E-state index contributed by atoms with van der Waals surface area (Å²) in [5, 5.41) is 0.